The highest BCUT2D eigenvalue weighted by Crippen LogP contribution is 2.27. The van der Waals surface area contributed by atoms with Gasteiger partial charge in [0, 0.05) is 13.2 Å². The monoisotopic (exact) mass is 289 g/mol. The Hall–Kier alpha value is -1.58. The van der Waals surface area contributed by atoms with E-state index < -0.39 is 37.1 Å². The summed E-state index contributed by atoms with van der Waals surface area (Å²) in [5, 5.41) is 0. The first-order valence-corrected chi connectivity index (χ1v) is 4.85. The first-order chi connectivity index (χ1) is 8.63. The molecule has 10 heteroatoms. The molecule has 0 aliphatic carbocycles. The van der Waals surface area contributed by atoms with E-state index in [0.29, 0.717) is 18.2 Å². The molecule has 108 valence electrons. The molecule has 0 unspecified atom stereocenters. The van der Waals surface area contributed by atoms with E-state index in [1.165, 1.54) is 0 Å². The highest BCUT2D eigenvalue weighted by molar-refractivity contribution is 6.74. The predicted molar refractivity (Wildman–Crippen MR) is 54.3 cm³/mol. The lowest BCUT2D eigenvalue weighted by atomic mass is 9.79. The van der Waals surface area contributed by atoms with Gasteiger partial charge in [0.15, 0.2) is 6.79 Å². The summed E-state index contributed by atoms with van der Waals surface area (Å²) in [5.41, 5.74) is -1.16. The Balaban J connectivity index is 3.08. The fourth-order valence-electron chi connectivity index (χ4n) is 1.23. The Morgan fingerprint density at radius 2 is 1.79 bits per heavy atom. The first kappa shape index (κ1) is 15.5. The molecule has 0 spiro atoms. The molecule has 1 aromatic rings. The lowest BCUT2D eigenvalue weighted by Crippen LogP contribution is -2.35. The Kier molecular flexibility index (Phi) is 4.56. The molecule has 0 aromatic heterocycles. The van der Waals surface area contributed by atoms with Gasteiger partial charge in [-0.2, -0.15) is 0 Å². The van der Waals surface area contributed by atoms with Crippen molar-refractivity contribution in [3.05, 3.63) is 18.2 Å². The average molecular weight is 289 g/mol. The van der Waals surface area contributed by atoms with Gasteiger partial charge in [-0.1, -0.05) is 11.5 Å². The zero-order valence-electron chi connectivity index (χ0n) is 9.51. The van der Waals surface area contributed by atoms with Crippen LogP contribution in [0.5, 0.6) is 11.5 Å². The van der Waals surface area contributed by atoms with Crippen LogP contribution < -0.4 is 14.9 Å². The van der Waals surface area contributed by atoms with Gasteiger partial charge < -0.3 is 27.2 Å². The highest BCUT2D eigenvalue weighted by atomic mass is 19.4. The Bertz CT molecular complexity index is 431. The molecule has 0 saturated heterocycles. The maximum absolute atomic E-state index is 12.6. The summed E-state index contributed by atoms with van der Waals surface area (Å²) in [4.78, 5) is 0. The SMILES string of the molecule is COCOc1cc(OC(F)(F)F)ccc1[B-](F)(F)F. The normalized spacial score (nSPS) is 12.4. The van der Waals surface area contributed by atoms with Crippen LogP contribution in [0.1, 0.15) is 0 Å². The second kappa shape index (κ2) is 5.60. The molecule has 0 aliphatic rings. The van der Waals surface area contributed by atoms with Crippen LogP contribution in [0.2, 0.25) is 0 Å². The van der Waals surface area contributed by atoms with Crippen molar-refractivity contribution >= 4 is 12.4 Å². The topological polar surface area (TPSA) is 27.7 Å². The van der Waals surface area contributed by atoms with Crippen molar-refractivity contribution in [1.29, 1.82) is 0 Å². The van der Waals surface area contributed by atoms with Gasteiger partial charge in [-0.15, -0.1) is 13.2 Å². The van der Waals surface area contributed by atoms with Crippen molar-refractivity contribution in [3.8, 4) is 11.5 Å². The second-order valence-electron chi connectivity index (χ2n) is 3.37. The molecule has 1 aromatic carbocycles. The molecule has 0 radical (unpaired) electrons. The molecule has 0 N–H and O–H groups in total. The van der Waals surface area contributed by atoms with E-state index in [1.54, 1.807) is 0 Å². The Morgan fingerprint density at radius 1 is 1.16 bits per heavy atom. The number of rotatable bonds is 5. The number of hydrogen-bond acceptors (Lipinski definition) is 3. The van der Waals surface area contributed by atoms with Gasteiger partial charge in [0.25, 0.3) is 0 Å². The van der Waals surface area contributed by atoms with Gasteiger partial charge in [-0.25, -0.2) is 0 Å². The molecule has 0 heterocycles. The molecule has 0 bridgehead atoms. The van der Waals surface area contributed by atoms with E-state index in [4.69, 9.17) is 0 Å². The average Bonchev–Trinajstić information content (AvgIpc) is 2.22. The minimum atomic E-state index is -5.42. The summed E-state index contributed by atoms with van der Waals surface area (Å²) in [6, 6.07) is 1.54. The smallest absolute Gasteiger partial charge is 0.470 e. The molecule has 0 aliphatic heterocycles. The highest BCUT2D eigenvalue weighted by Gasteiger charge is 2.33. The summed E-state index contributed by atoms with van der Waals surface area (Å²) in [7, 11) is 1.16. The van der Waals surface area contributed by atoms with Gasteiger partial charge in [0.1, 0.15) is 5.75 Å². The van der Waals surface area contributed by atoms with E-state index >= 15 is 0 Å². The number of ether oxygens (including phenoxy) is 3. The molecule has 0 amide bonds. The van der Waals surface area contributed by atoms with Gasteiger partial charge in [-0.05, 0) is 6.07 Å². The first-order valence-electron chi connectivity index (χ1n) is 4.85. The lowest BCUT2D eigenvalue weighted by molar-refractivity contribution is -0.274. The minimum Gasteiger partial charge on any atom is -0.470 e. The van der Waals surface area contributed by atoms with Crippen molar-refractivity contribution in [2.24, 2.45) is 0 Å². The van der Waals surface area contributed by atoms with E-state index in [9.17, 15) is 26.1 Å². The van der Waals surface area contributed by atoms with Crippen LogP contribution in [0.15, 0.2) is 18.2 Å². The lowest BCUT2D eigenvalue weighted by Gasteiger charge is -2.20. The largest absolute Gasteiger partial charge is 0.573 e. The van der Waals surface area contributed by atoms with Gasteiger partial charge in [-0.3, -0.25) is 0 Å². The van der Waals surface area contributed by atoms with Crippen LogP contribution in [0, 0.1) is 0 Å². The Labute approximate surface area is 104 Å². The quantitative estimate of drug-likeness (QED) is 0.474. The number of halogens is 6. The van der Waals surface area contributed by atoms with E-state index in [1.807, 2.05) is 0 Å². The molecular formula is C9H8BF6O3-. The summed E-state index contributed by atoms with van der Waals surface area (Å²) >= 11 is 0. The van der Waals surface area contributed by atoms with Gasteiger partial charge in [0.2, 0.25) is 0 Å². The van der Waals surface area contributed by atoms with Crippen LogP contribution in [0.4, 0.5) is 26.1 Å². The van der Waals surface area contributed by atoms with Crippen LogP contribution >= 0.6 is 0 Å². The third-order valence-corrected chi connectivity index (χ3v) is 1.90. The fraction of sp³-hybridized carbons (Fsp3) is 0.333. The molecule has 0 saturated carbocycles. The van der Waals surface area contributed by atoms with Crippen molar-refractivity contribution in [1.82, 2.24) is 0 Å². The number of benzene rings is 1. The van der Waals surface area contributed by atoms with Crippen LogP contribution in [-0.4, -0.2) is 27.2 Å². The van der Waals surface area contributed by atoms with Gasteiger partial charge in [0.05, 0.1) is 5.75 Å². The Morgan fingerprint density at radius 3 is 2.26 bits per heavy atom. The van der Waals surface area contributed by atoms with E-state index in [0.717, 1.165) is 7.11 Å². The van der Waals surface area contributed by atoms with Crippen LogP contribution in [0.3, 0.4) is 0 Å². The zero-order valence-corrected chi connectivity index (χ0v) is 9.51. The molecule has 0 fully saturated rings. The number of methoxy groups -OCH3 is 1. The van der Waals surface area contributed by atoms with Crippen molar-refractivity contribution < 1.29 is 40.3 Å². The zero-order chi connectivity index (χ0) is 14.7. The summed E-state index contributed by atoms with van der Waals surface area (Å²) in [5.74, 6) is -1.58. The van der Waals surface area contributed by atoms with Crippen LogP contribution in [-0.2, 0) is 4.74 Å². The predicted octanol–water partition coefficient (Wildman–Crippen LogP) is 2.62. The van der Waals surface area contributed by atoms with Crippen LogP contribution in [0.25, 0.3) is 0 Å². The maximum atomic E-state index is 12.6. The maximum Gasteiger partial charge on any atom is 0.573 e. The van der Waals surface area contributed by atoms with E-state index in [-0.39, 0.29) is 0 Å². The summed E-state index contributed by atoms with van der Waals surface area (Å²) in [6.45, 7) is -5.96. The summed E-state index contributed by atoms with van der Waals surface area (Å²) in [6.07, 6.45) is -5.00. The number of hydrogen-bond donors (Lipinski definition) is 0. The van der Waals surface area contributed by atoms with Crippen molar-refractivity contribution in [3.63, 3.8) is 0 Å². The van der Waals surface area contributed by atoms with Crippen molar-refractivity contribution in [2.75, 3.05) is 13.9 Å². The fourth-order valence-corrected chi connectivity index (χ4v) is 1.23. The summed E-state index contributed by atoms with van der Waals surface area (Å²) < 4.78 is 86.2. The third kappa shape index (κ3) is 4.89. The molecule has 1 rings (SSSR count). The standard InChI is InChI=1S/C9H8BF6O3/c1-17-5-18-8-4-6(19-9(11,12)13)2-3-7(8)10(14,15)16/h2-4H,5H2,1H3/q-1. The third-order valence-electron chi connectivity index (χ3n) is 1.90. The molecular weight excluding hydrogens is 281 g/mol. The molecule has 3 nitrogen and oxygen atoms in total. The van der Waals surface area contributed by atoms with E-state index in [2.05, 4.69) is 14.2 Å². The van der Waals surface area contributed by atoms with Crippen molar-refractivity contribution in [2.45, 2.75) is 6.36 Å². The second-order valence-corrected chi connectivity index (χ2v) is 3.37. The molecule has 19 heavy (non-hydrogen) atoms. The number of alkyl halides is 3. The van der Waals surface area contributed by atoms with Gasteiger partial charge >= 0.3 is 13.3 Å². The molecule has 0 atom stereocenters. The minimum absolute atomic E-state index is 0.464.